The Hall–Kier alpha value is -1.36. The van der Waals surface area contributed by atoms with E-state index in [2.05, 4.69) is 34.2 Å². The van der Waals surface area contributed by atoms with Gasteiger partial charge in [0.1, 0.15) is 11.6 Å². The van der Waals surface area contributed by atoms with E-state index in [0.29, 0.717) is 17.7 Å². The highest BCUT2D eigenvalue weighted by atomic mass is 16.1. The first-order chi connectivity index (χ1) is 8.06. The number of rotatable bonds is 5. The van der Waals surface area contributed by atoms with Crippen molar-refractivity contribution in [1.82, 2.24) is 14.9 Å². The van der Waals surface area contributed by atoms with E-state index < -0.39 is 0 Å². The van der Waals surface area contributed by atoms with Gasteiger partial charge in [0.05, 0.1) is 0 Å². The number of likely N-dealkylation sites (N-methyl/N-ethyl adjacent to an activating group) is 1. The molecule has 17 heavy (non-hydrogen) atoms. The van der Waals surface area contributed by atoms with E-state index in [4.69, 9.17) is 0 Å². The number of anilines is 1. The molecule has 1 saturated carbocycles. The molecule has 0 saturated heterocycles. The number of aromatic amines is 1. The molecular formula is C12H20N4O. The summed E-state index contributed by atoms with van der Waals surface area (Å²) in [4.78, 5) is 20.5. The van der Waals surface area contributed by atoms with Gasteiger partial charge in [-0.25, -0.2) is 4.98 Å². The summed E-state index contributed by atoms with van der Waals surface area (Å²) >= 11 is 0. The zero-order chi connectivity index (χ0) is 12.4. The van der Waals surface area contributed by atoms with Crippen LogP contribution in [0, 0.1) is 6.92 Å². The highest BCUT2D eigenvalue weighted by Gasteiger charge is 2.28. The summed E-state index contributed by atoms with van der Waals surface area (Å²) in [5.74, 6) is 1.30. The minimum atomic E-state index is -0.108. The molecule has 1 fully saturated rings. The van der Waals surface area contributed by atoms with Gasteiger partial charge in [0, 0.05) is 24.7 Å². The number of aryl methyl sites for hydroxylation is 1. The van der Waals surface area contributed by atoms with E-state index in [1.165, 1.54) is 18.9 Å². The van der Waals surface area contributed by atoms with Gasteiger partial charge in [0.15, 0.2) is 0 Å². The summed E-state index contributed by atoms with van der Waals surface area (Å²) in [6.45, 7) is 4.78. The molecule has 1 unspecified atom stereocenters. The highest BCUT2D eigenvalue weighted by Crippen LogP contribution is 2.26. The molecule has 1 aliphatic rings. The SMILES string of the molecule is Cc1nc(NCC(C)N(C)C2CC2)cc(=O)[nH]1. The number of hydrogen-bond donors (Lipinski definition) is 2. The van der Waals surface area contributed by atoms with Crippen LogP contribution in [0.3, 0.4) is 0 Å². The van der Waals surface area contributed by atoms with Gasteiger partial charge < -0.3 is 10.3 Å². The van der Waals surface area contributed by atoms with Crippen LogP contribution in [0.4, 0.5) is 5.82 Å². The predicted octanol–water partition coefficient (Wildman–Crippen LogP) is 0.973. The Morgan fingerprint density at radius 1 is 1.65 bits per heavy atom. The summed E-state index contributed by atoms with van der Waals surface area (Å²) in [6, 6.07) is 2.70. The summed E-state index contributed by atoms with van der Waals surface area (Å²) < 4.78 is 0. The first-order valence-corrected chi connectivity index (χ1v) is 6.10. The Morgan fingerprint density at radius 3 is 2.94 bits per heavy atom. The highest BCUT2D eigenvalue weighted by molar-refractivity contribution is 5.32. The van der Waals surface area contributed by atoms with Crippen LogP contribution in [0.15, 0.2) is 10.9 Å². The van der Waals surface area contributed by atoms with Crippen molar-refractivity contribution in [2.24, 2.45) is 0 Å². The Bertz CT molecular complexity index is 438. The monoisotopic (exact) mass is 236 g/mol. The van der Waals surface area contributed by atoms with E-state index in [0.717, 1.165) is 12.6 Å². The molecule has 0 amide bonds. The van der Waals surface area contributed by atoms with E-state index in [-0.39, 0.29) is 5.56 Å². The summed E-state index contributed by atoms with van der Waals surface area (Å²) in [6.07, 6.45) is 2.62. The molecule has 0 aliphatic heterocycles. The Labute approximate surface area is 101 Å². The molecule has 1 aliphatic carbocycles. The molecule has 1 heterocycles. The molecule has 1 atom stereocenters. The van der Waals surface area contributed by atoms with E-state index >= 15 is 0 Å². The van der Waals surface area contributed by atoms with E-state index in [1.54, 1.807) is 6.92 Å². The average Bonchev–Trinajstić information content (AvgIpc) is 3.07. The van der Waals surface area contributed by atoms with Crippen LogP contribution in [0.25, 0.3) is 0 Å². The molecule has 0 bridgehead atoms. The Kier molecular flexibility index (Phi) is 3.47. The first-order valence-electron chi connectivity index (χ1n) is 6.10. The van der Waals surface area contributed by atoms with Crippen LogP contribution >= 0.6 is 0 Å². The maximum absolute atomic E-state index is 11.3. The van der Waals surface area contributed by atoms with Gasteiger partial charge in [-0.05, 0) is 33.7 Å². The molecular weight excluding hydrogens is 216 g/mol. The molecule has 2 rings (SSSR count). The van der Waals surface area contributed by atoms with Crippen LogP contribution in [0.1, 0.15) is 25.6 Å². The van der Waals surface area contributed by atoms with Gasteiger partial charge >= 0.3 is 0 Å². The Morgan fingerprint density at radius 2 is 2.35 bits per heavy atom. The summed E-state index contributed by atoms with van der Waals surface area (Å²) in [7, 11) is 2.15. The number of nitrogens with one attached hydrogen (secondary N) is 2. The van der Waals surface area contributed by atoms with Gasteiger partial charge in [0.25, 0.3) is 5.56 Å². The standard InChI is InChI=1S/C12H20N4O/c1-8(16(3)10-4-5-10)7-13-11-6-12(17)15-9(2)14-11/h6,8,10H,4-5,7H2,1-3H3,(H2,13,14,15,17). The van der Waals surface area contributed by atoms with Crippen LogP contribution in [-0.4, -0.2) is 40.5 Å². The second-order valence-corrected chi connectivity index (χ2v) is 4.84. The molecule has 5 nitrogen and oxygen atoms in total. The van der Waals surface area contributed by atoms with Crippen molar-refractivity contribution in [2.75, 3.05) is 18.9 Å². The molecule has 0 radical (unpaired) electrons. The normalized spacial score (nSPS) is 17.2. The van der Waals surface area contributed by atoms with Crippen LogP contribution < -0.4 is 10.9 Å². The van der Waals surface area contributed by atoms with Crippen molar-refractivity contribution in [3.63, 3.8) is 0 Å². The van der Waals surface area contributed by atoms with Crippen LogP contribution in [0.5, 0.6) is 0 Å². The number of aromatic nitrogens is 2. The number of H-pyrrole nitrogens is 1. The molecule has 0 spiro atoms. The van der Waals surface area contributed by atoms with Crippen molar-refractivity contribution >= 4 is 5.82 Å². The maximum atomic E-state index is 11.3. The minimum absolute atomic E-state index is 0.108. The maximum Gasteiger partial charge on any atom is 0.252 e. The van der Waals surface area contributed by atoms with Crippen molar-refractivity contribution in [3.8, 4) is 0 Å². The van der Waals surface area contributed by atoms with Gasteiger partial charge in [-0.1, -0.05) is 0 Å². The fourth-order valence-corrected chi connectivity index (χ4v) is 1.91. The van der Waals surface area contributed by atoms with E-state index in [9.17, 15) is 4.79 Å². The zero-order valence-corrected chi connectivity index (χ0v) is 10.7. The molecule has 5 heteroatoms. The zero-order valence-electron chi connectivity index (χ0n) is 10.7. The van der Waals surface area contributed by atoms with Gasteiger partial charge in [0.2, 0.25) is 0 Å². The summed E-state index contributed by atoms with van der Waals surface area (Å²) in [5.41, 5.74) is -0.108. The molecule has 94 valence electrons. The van der Waals surface area contributed by atoms with Crippen LogP contribution in [-0.2, 0) is 0 Å². The molecule has 0 aromatic carbocycles. The lowest BCUT2D eigenvalue weighted by Gasteiger charge is -2.24. The Balaban J connectivity index is 1.90. The first kappa shape index (κ1) is 12.1. The molecule has 1 aromatic rings. The smallest absolute Gasteiger partial charge is 0.252 e. The quantitative estimate of drug-likeness (QED) is 0.800. The van der Waals surface area contributed by atoms with Crippen molar-refractivity contribution < 1.29 is 0 Å². The van der Waals surface area contributed by atoms with Crippen LogP contribution in [0.2, 0.25) is 0 Å². The third kappa shape index (κ3) is 3.30. The minimum Gasteiger partial charge on any atom is -0.368 e. The number of nitrogens with zero attached hydrogens (tertiary/aromatic N) is 2. The summed E-state index contributed by atoms with van der Waals surface area (Å²) in [5, 5.41) is 3.22. The second-order valence-electron chi connectivity index (χ2n) is 4.84. The lowest BCUT2D eigenvalue weighted by Crippen LogP contribution is -2.36. The predicted molar refractivity (Wildman–Crippen MR) is 68.3 cm³/mol. The fraction of sp³-hybridized carbons (Fsp3) is 0.667. The molecule has 1 aromatic heterocycles. The van der Waals surface area contributed by atoms with Gasteiger partial charge in [-0.15, -0.1) is 0 Å². The topological polar surface area (TPSA) is 61.0 Å². The molecule has 2 N–H and O–H groups in total. The number of hydrogen-bond acceptors (Lipinski definition) is 4. The average molecular weight is 236 g/mol. The van der Waals surface area contributed by atoms with Crippen molar-refractivity contribution in [1.29, 1.82) is 0 Å². The lowest BCUT2D eigenvalue weighted by molar-refractivity contribution is 0.257. The van der Waals surface area contributed by atoms with Crippen molar-refractivity contribution in [2.45, 2.75) is 38.8 Å². The van der Waals surface area contributed by atoms with Gasteiger partial charge in [-0.2, -0.15) is 0 Å². The second kappa shape index (κ2) is 4.87. The largest absolute Gasteiger partial charge is 0.368 e. The third-order valence-electron chi connectivity index (χ3n) is 3.26. The fourth-order valence-electron chi connectivity index (χ4n) is 1.91. The lowest BCUT2D eigenvalue weighted by atomic mass is 10.3. The van der Waals surface area contributed by atoms with E-state index in [1.807, 2.05) is 0 Å². The third-order valence-corrected chi connectivity index (χ3v) is 3.26. The van der Waals surface area contributed by atoms with Gasteiger partial charge in [-0.3, -0.25) is 9.69 Å². The van der Waals surface area contributed by atoms with Crippen molar-refractivity contribution in [3.05, 3.63) is 22.2 Å².